The second kappa shape index (κ2) is 6.31. The number of likely N-dealkylation sites (tertiary alicyclic amines) is 1. The van der Waals surface area contributed by atoms with E-state index in [0.29, 0.717) is 25.2 Å². The lowest BCUT2D eigenvalue weighted by Gasteiger charge is -2.40. The van der Waals surface area contributed by atoms with Gasteiger partial charge >= 0.3 is 6.09 Å². The Kier molecular flexibility index (Phi) is 4.65. The summed E-state index contributed by atoms with van der Waals surface area (Å²) < 4.78 is 5.27. The third-order valence-corrected chi connectivity index (χ3v) is 3.30. The van der Waals surface area contributed by atoms with Crippen molar-refractivity contribution in [1.82, 2.24) is 10.2 Å². The average molecular weight is 307 g/mol. The molecule has 0 radical (unpaired) electrons. The summed E-state index contributed by atoms with van der Waals surface area (Å²) in [6, 6.07) is 6.78. The molecule has 1 aromatic rings. The standard InChI is InChI=1S/C15H21N3O4/c1-15(2,3)22-14(19)17-9-12(10-17)16-8-11-6-4-5-7-13(11)18(20)21/h4-7,12,16H,8-10H2,1-3H3. The van der Waals surface area contributed by atoms with Gasteiger partial charge in [-0.25, -0.2) is 4.79 Å². The zero-order valence-corrected chi connectivity index (χ0v) is 13.0. The van der Waals surface area contributed by atoms with Crippen LogP contribution in [0.3, 0.4) is 0 Å². The Morgan fingerprint density at radius 1 is 1.41 bits per heavy atom. The molecule has 22 heavy (non-hydrogen) atoms. The van der Waals surface area contributed by atoms with Crippen molar-refractivity contribution < 1.29 is 14.5 Å². The van der Waals surface area contributed by atoms with Gasteiger partial charge in [-0.3, -0.25) is 10.1 Å². The minimum atomic E-state index is -0.500. The van der Waals surface area contributed by atoms with Crippen LogP contribution in [0, 0.1) is 10.1 Å². The molecular weight excluding hydrogens is 286 g/mol. The first-order chi connectivity index (χ1) is 10.3. The molecule has 0 saturated carbocycles. The molecule has 1 amide bonds. The van der Waals surface area contributed by atoms with Crippen molar-refractivity contribution in [3.05, 3.63) is 39.9 Å². The third-order valence-electron chi connectivity index (χ3n) is 3.30. The van der Waals surface area contributed by atoms with Gasteiger partial charge in [-0.05, 0) is 20.8 Å². The van der Waals surface area contributed by atoms with Gasteiger partial charge in [0.15, 0.2) is 0 Å². The molecule has 1 heterocycles. The normalized spacial score (nSPS) is 15.3. The average Bonchev–Trinajstić information content (AvgIpc) is 2.34. The molecule has 120 valence electrons. The van der Waals surface area contributed by atoms with E-state index in [1.165, 1.54) is 6.07 Å². The maximum Gasteiger partial charge on any atom is 0.410 e. The Bertz CT molecular complexity index is 562. The predicted molar refractivity (Wildman–Crippen MR) is 81.5 cm³/mol. The Morgan fingerprint density at radius 3 is 2.64 bits per heavy atom. The molecular formula is C15H21N3O4. The summed E-state index contributed by atoms with van der Waals surface area (Å²) in [7, 11) is 0. The van der Waals surface area contributed by atoms with E-state index in [9.17, 15) is 14.9 Å². The fourth-order valence-corrected chi connectivity index (χ4v) is 2.18. The molecule has 1 fully saturated rings. The number of hydrogen-bond acceptors (Lipinski definition) is 5. The molecule has 1 aromatic carbocycles. The summed E-state index contributed by atoms with van der Waals surface area (Å²) in [5.74, 6) is 0. The molecule has 0 aliphatic carbocycles. The van der Waals surface area contributed by atoms with Gasteiger partial charge in [0.1, 0.15) is 5.60 Å². The van der Waals surface area contributed by atoms with E-state index in [2.05, 4.69) is 5.32 Å². The number of amides is 1. The minimum absolute atomic E-state index is 0.110. The number of hydrogen-bond donors (Lipinski definition) is 1. The molecule has 0 atom stereocenters. The molecule has 7 heteroatoms. The highest BCUT2D eigenvalue weighted by Gasteiger charge is 2.33. The van der Waals surface area contributed by atoms with Crippen LogP contribution in [0.2, 0.25) is 0 Å². The van der Waals surface area contributed by atoms with Gasteiger partial charge in [-0.2, -0.15) is 0 Å². The zero-order chi connectivity index (χ0) is 16.3. The zero-order valence-electron chi connectivity index (χ0n) is 13.0. The number of rotatable bonds is 4. The number of nitrogens with one attached hydrogen (secondary N) is 1. The van der Waals surface area contributed by atoms with Crippen LogP contribution in [-0.4, -0.2) is 40.6 Å². The summed E-state index contributed by atoms with van der Waals surface area (Å²) in [5, 5.41) is 14.2. The molecule has 1 saturated heterocycles. The van der Waals surface area contributed by atoms with Crippen molar-refractivity contribution in [3.63, 3.8) is 0 Å². The summed E-state index contributed by atoms with van der Waals surface area (Å²) in [5.41, 5.74) is 0.252. The van der Waals surface area contributed by atoms with Gasteiger partial charge in [-0.1, -0.05) is 18.2 Å². The molecule has 0 unspecified atom stereocenters. The Labute approximate surface area is 129 Å². The maximum absolute atomic E-state index is 11.8. The largest absolute Gasteiger partial charge is 0.444 e. The number of ether oxygens (including phenoxy) is 1. The van der Waals surface area contributed by atoms with Crippen molar-refractivity contribution >= 4 is 11.8 Å². The molecule has 1 aliphatic heterocycles. The lowest BCUT2D eigenvalue weighted by atomic mass is 10.1. The molecule has 7 nitrogen and oxygen atoms in total. The number of carbonyl (C=O) groups is 1. The first-order valence-corrected chi connectivity index (χ1v) is 7.20. The number of benzene rings is 1. The first kappa shape index (κ1) is 16.2. The first-order valence-electron chi connectivity index (χ1n) is 7.20. The van der Waals surface area contributed by atoms with E-state index in [0.717, 1.165) is 0 Å². The molecule has 0 bridgehead atoms. The minimum Gasteiger partial charge on any atom is -0.444 e. The SMILES string of the molecule is CC(C)(C)OC(=O)N1CC(NCc2ccccc2[N+](=O)[O-])C1. The number of nitrogens with zero attached hydrogens (tertiary/aromatic N) is 2. The predicted octanol–water partition coefficient (Wildman–Crippen LogP) is 2.30. The Hall–Kier alpha value is -2.15. The lowest BCUT2D eigenvalue weighted by molar-refractivity contribution is -0.385. The van der Waals surface area contributed by atoms with Crippen LogP contribution in [0.1, 0.15) is 26.3 Å². The number of carbonyl (C=O) groups excluding carboxylic acids is 1. The van der Waals surface area contributed by atoms with Gasteiger partial charge in [0.05, 0.1) is 4.92 Å². The second-order valence-corrected chi connectivity index (χ2v) is 6.35. The van der Waals surface area contributed by atoms with Crippen LogP contribution in [0.5, 0.6) is 0 Å². The topological polar surface area (TPSA) is 84.7 Å². The number of para-hydroxylation sites is 1. The third kappa shape index (κ3) is 4.17. The second-order valence-electron chi connectivity index (χ2n) is 6.35. The summed E-state index contributed by atoms with van der Waals surface area (Å²) in [4.78, 5) is 24.0. The summed E-state index contributed by atoms with van der Waals surface area (Å²) >= 11 is 0. The lowest BCUT2D eigenvalue weighted by Crippen LogP contribution is -2.60. The van der Waals surface area contributed by atoms with Crippen LogP contribution >= 0.6 is 0 Å². The Balaban J connectivity index is 1.80. The van der Waals surface area contributed by atoms with Crippen molar-refractivity contribution in [2.45, 2.75) is 39.0 Å². The van der Waals surface area contributed by atoms with Gasteiger partial charge in [0.2, 0.25) is 0 Å². The van der Waals surface area contributed by atoms with E-state index in [1.807, 2.05) is 20.8 Å². The van der Waals surface area contributed by atoms with Gasteiger partial charge in [-0.15, -0.1) is 0 Å². The fraction of sp³-hybridized carbons (Fsp3) is 0.533. The van der Waals surface area contributed by atoms with Crippen LogP contribution in [0.4, 0.5) is 10.5 Å². The quantitative estimate of drug-likeness (QED) is 0.681. The molecule has 0 spiro atoms. The highest BCUT2D eigenvalue weighted by molar-refractivity contribution is 5.69. The van der Waals surface area contributed by atoms with Crippen molar-refractivity contribution in [1.29, 1.82) is 0 Å². The van der Waals surface area contributed by atoms with Crippen molar-refractivity contribution in [3.8, 4) is 0 Å². The van der Waals surface area contributed by atoms with Gasteiger partial charge in [0, 0.05) is 37.3 Å². The van der Waals surface area contributed by atoms with E-state index in [1.54, 1.807) is 23.1 Å². The molecule has 0 aromatic heterocycles. The van der Waals surface area contributed by atoms with E-state index < -0.39 is 5.60 Å². The van der Waals surface area contributed by atoms with E-state index in [4.69, 9.17) is 4.74 Å². The fourth-order valence-electron chi connectivity index (χ4n) is 2.18. The summed E-state index contributed by atoms with van der Waals surface area (Å²) in [6.45, 7) is 6.99. The van der Waals surface area contributed by atoms with Crippen molar-refractivity contribution in [2.75, 3.05) is 13.1 Å². The van der Waals surface area contributed by atoms with Crippen molar-refractivity contribution in [2.24, 2.45) is 0 Å². The highest BCUT2D eigenvalue weighted by atomic mass is 16.6. The van der Waals surface area contributed by atoms with Gasteiger partial charge in [0.25, 0.3) is 5.69 Å². The van der Waals surface area contributed by atoms with E-state index >= 15 is 0 Å². The van der Waals surface area contributed by atoms with Crippen LogP contribution in [0.15, 0.2) is 24.3 Å². The molecule has 1 N–H and O–H groups in total. The Morgan fingerprint density at radius 2 is 2.05 bits per heavy atom. The number of nitro benzene ring substituents is 1. The van der Waals surface area contributed by atoms with E-state index in [-0.39, 0.29) is 22.7 Å². The highest BCUT2D eigenvalue weighted by Crippen LogP contribution is 2.19. The smallest absolute Gasteiger partial charge is 0.410 e. The van der Waals surface area contributed by atoms with Gasteiger partial charge < -0.3 is 15.0 Å². The monoisotopic (exact) mass is 307 g/mol. The van der Waals surface area contributed by atoms with Crippen LogP contribution in [-0.2, 0) is 11.3 Å². The summed E-state index contributed by atoms with van der Waals surface area (Å²) in [6.07, 6.45) is -0.323. The number of nitro groups is 1. The molecule has 2 rings (SSSR count). The van der Waals surface area contributed by atoms with Crippen LogP contribution in [0.25, 0.3) is 0 Å². The van der Waals surface area contributed by atoms with Crippen LogP contribution < -0.4 is 5.32 Å². The molecule has 1 aliphatic rings. The maximum atomic E-state index is 11.8.